The zero-order chi connectivity index (χ0) is 29.5. The van der Waals surface area contributed by atoms with E-state index in [-0.39, 0.29) is 16.3 Å². The molecule has 0 bridgehead atoms. The van der Waals surface area contributed by atoms with Crippen molar-refractivity contribution in [2.24, 2.45) is 0 Å². The van der Waals surface area contributed by atoms with Crippen LogP contribution in [0, 0.1) is 0 Å². The molecule has 0 rings (SSSR count). The monoisotopic (exact) mass is 620 g/mol. The molecule has 0 aromatic rings. The Bertz CT molecular complexity index is 454. The summed E-state index contributed by atoms with van der Waals surface area (Å²) in [5.41, 5.74) is 0.0369. The summed E-state index contributed by atoms with van der Waals surface area (Å²) in [4.78, 5) is 0. The van der Waals surface area contributed by atoms with Gasteiger partial charge in [-0.15, -0.1) is 36.2 Å². The summed E-state index contributed by atoms with van der Waals surface area (Å²) in [6.07, 6.45) is 30.3. The lowest BCUT2D eigenvalue weighted by atomic mass is 10.1. The number of unbranched alkanes of at least 4 members (excludes halogenated alkanes) is 18. The summed E-state index contributed by atoms with van der Waals surface area (Å²) in [5, 5.41) is 0. The lowest BCUT2D eigenvalue weighted by molar-refractivity contribution is 0.0671. The molecule has 3 nitrogen and oxygen atoms in total. The van der Waals surface area contributed by atoms with Crippen molar-refractivity contribution in [3.8, 4) is 0 Å². The molecule has 0 amide bonds. The summed E-state index contributed by atoms with van der Waals surface area (Å²) in [5.74, 6) is 2.29. The van der Waals surface area contributed by atoms with E-state index in [1.54, 1.807) is 0 Å². The summed E-state index contributed by atoms with van der Waals surface area (Å²) in [6, 6.07) is 0. The fourth-order valence-corrected chi connectivity index (χ4v) is 6.86. The molecule has 3 unspecified atom stereocenters. The van der Waals surface area contributed by atoms with Crippen molar-refractivity contribution in [2.75, 3.05) is 11.5 Å². The maximum Gasteiger partial charge on any atom is 0.641 e. The number of hydrogen-bond acceptors (Lipinski definition) is 6. The molecule has 0 fully saturated rings. The molecule has 0 aliphatic rings. The molecular weight excluding hydrogens is 551 g/mol. The fourth-order valence-electron chi connectivity index (χ4n) is 4.68. The van der Waals surface area contributed by atoms with Gasteiger partial charge in [0.05, 0.1) is 16.3 Å². The highest BCUT2D eigenvalue weighted by Crippen LogP contribution is 2.25. The van der Waals surface area contributed by atoms with Crippen LogP contribution in [0.1, 0.15) is 182 Å². The zero-order valence-electron chi connectivity index (χ0n) is 27.5. The van der Waals surface area contributed by atoms with Crippen molar-refractivity contribution in [1.29, 1.82) is 0 Å². The maximum absolute atomic E-state index is 6.36. The van der Waals surface area contributed by atoms with Gasteiger partial charge in [-0.3, -0.25) is 0 Å². The van der Waals surface area contributed by atoms with Crippen LogP contribution < -0.4 is 0 Å². The lowest BCUT2D eigenvalue weighted by Gasteiger charge is -2.26. The van der Waals surface area contributed by atoms with Gasteiger partial charge in [-0.1, -0.05) is 150 Å². The lowest BCUT2D eigenvalue weighted by Crippen LogP contribution is -2.36. The first-order chi connectivity index (χ1) is 19.6. The number of thioether (sulfide) groups is 2. The van der Waals surface area contributed by atoms with Crippen LogP contribution in [-0.4, -0.2) is 35.1 Å². The van der Waals surface area contributed by atoms with Crippen LogP contribution in [0.2, 0.25) is 0 Å². The molecule has 0 saturated heterocycles. The van der Waals surface area contributed by atoms with E-state index < -0.39 is 7.32 Å². The second-order valence-corrected chi connectivity index (χ2v) is 14.5. The van der Waals surface area contributed by atoms with Crippen LogP contribution in [0.25, 0.3) is 0 Å². The first kappa shape index (κ1) is 41.0. The predicted molar refractivity (Wildman–Crippen MR) is 189 cm³/mol. The quantitative estimate of drug-likeness (QED) is 0.0341. The minimum atomic E-state index is -0.641. The fraction of sp³-hybridized carbons (Fsp3) is 1.00. The Morgan fingerprint density at radius 2 is 0.775 bits per heavy atom. The van der Waals surface area contributed by atoms with E-state index in [1.165, 1.54) is 128 Å². The standard InChI is InChI=1S/C33H69BO3S3/c1-6-11-13-15-17-19-21-23-25-27-29-39-32(9-4)36-34(35-31(38)8-3)37-33(10-5)40-30-28-26-24-22-20-18-16-14-12-7-2/h31-33,38H,6-30H2,1-5H3. The van der Waals surface area contributed by atoms with Crippen molar-refractivity contribution < 1.29 is 14.0 Å². The molecule has 0 aliphatic carbocycles. The van der Waals surface area contributed by atoms with Crippen LogP contribution in [0.15, 0.2) is 0 Å². The Labute approximate surface area is 266 Å². The Kier molecular flexibility index (Phi) is 33.7. The van der Waals surface area contributed by atoms with Crippen LogP contribution in [0.4, 0.5) is 0 Å². The van der Waals surface area contributed by atoms with Gasteiger partial charge < -0.3 is 14.0 Å². The van der Waals surface area contributed by atoms with E-state index in [0.717, 1.165) is 30.8 Å². The normalized spacial score (nSPS) is 13.9. The van der Waals surface area contributed by atoms with Crippen molar-refractivity contribution in [2.45, 2.75) is 199 Å². The third-order valence-electron chi connectivity index (χ3n) is 7.41. The van der Waals surface area contributed by atoms with Gasteiger partial charge in [0, 0.05) is 0 Å². The second kappa shape index (κ2) is 32.9. The van der Waals surface area contributed by atoms with E-state index in [1.807, 2.05) is 23.5 Å². The molecule has 0 aromatic heterocycles. The van der Waals surface area contributed by atoms with Gasteiger partial charge in [0.1, 0.15) is 0 Å². The number of thiol groups is 1. The number of rotatable bonds is 33. The summed E-state index contributed by atoms with van der Waals surface area (Å²) >= 11 is 8.41. The SMILES string of the molecule is CCCCCCCCCCCCSC(CC)OB(OC(S)CC)OC(CC)SCCCCCCCCCCCC. The molecule has 0 spiro atoms. The third kappa shape index (κ3) is 27.8. The average molecular weight is 621 g/mol. The molecule has 0 N–H and O–H groups in total. The largest absolute Gasteiger partial charge is 0.641 e. The third-order valence-corrected chi connectivity index (χ3v) is 10.6. The van der Waals surface area contributed by atoms with Crippen LogP contribution in [0.3, 0.4) is 0 Å². The molecule has 0 radical (unpaired) electrons. The van der Waals surface area contributed by atoms with Crippen LogP contribution in [0.5, 0.6) is 0 Å². The zero-order valence-corrected chi connectivity index (χ0v) is 30.0. The van der Waals surface area contributed by atoms with Crippen molar-refractivity contribution >= 4 is 43.5 Å². The van der Waals surface area contributed by atoms with Gasteiger partial charge in [0.25, 0.3) is 0 Å². The van der Waals surface area contributed by atoms with Gasteiger partial charge in [0.15, 0.2) is 0 Å². The predicted octanol–water partition coefficient (Wildman–Crippen LogP) is 12.5. The van der Waals surface area contributed by atoms with E-state index in [2.05, 4.69) is 47.2 Å². The first-order valence-electron chi connectivity index (χ1n) is 17.5. The average Bonchev–Trinajstić information content (AvgIpc) is 2.97. The van der Waals surface area contributed by atoms with Gasteiger partial charge in [0.2, 0.25) is 0 Å². The highest BCUT2D eigenvalue weighted by Gasteiger charge is 2.31. The molecule has 0 aliphatic heterocycles. The van der Waals surface area contributed by atoms with Gasteiger partial charge in [-0.2, -0.15) is 0 Å². The Hall–Kier alpha value is 0.995. The van der Waals surface area contributed by atoms with Crippen molar-refractivity contribution in [3.05, 3.63) is 0 Å². The van der Waals surface area contributed by atoms with Crippen molar-refractivity contribution in [1.82, 2.24) is 0 Å². The van der Waals surface area contributed by atoms with E-state index >= 15 is 0 Å². The number of hydrogen-bond donors (Lipinski definition) is 1. The minimum Gasteiger partial charge on any atom is -0.374 e. The Balaban J connectivity index is 4.19. The molecular formula is C33H69BO3S3. The smallest absolute Gasteiger partial charge is 0.374 e. The molecule has 0 saturated carbocycles. The Morgan fingerprint density at radius 1 is 0.450 bits per heavy atom. The highest BCUT2D eigenvalue weighted by molar-refractivity contribution is 8.00. The summed E-state index contributed by atoms with van der Waals surface area (Å²) < 4.78 is 18.8. The molecule has 7 heteroatoms. The second-order valence-electron chi connectivity index (χ2n) is 11.3. The molecule has 240 valence electrons. The minimum absolute atomic E-state index is 0.102. The van der Waals surface area contributed by atoms with Crippen LogP contribution >= 0.6 is 36.2 Å². The van der Waals surface area contributed by atoms with Crippen LogP contribution in [-0.2, 0) is 14.0 Å². The first-order valence-corrected chi connectivity index (χ1v) is 20.1. The summed E-state index contributed by atoms with van der Waals surface area (Å²) in [7, 11) is -0.641. The molecule has 0 aromatic carbocycles. The van der Waals surface area contributed by atoms with Gasteiger partial charge in [-0.25, -0.2) is 0 Å². The molecule has 3 atom stereocenters. The highest BCUT2D eigenvalue weighted by atomic mass is 32.2. The van der Waals surface area contributed by atoms with E-state index in [4.69, 9.17) is 14.0 Å². The van der Waals surface area contributed by atoms with Gasteiger partial charge >= 0.3 is 7.32 Å². The topological polar surface area (TPSA) is 27.7 Å². The van der Waals surface area contributed by atoms with E-state index in [0.29, 0.717) is 0 Å². The Morgan fingerprint density at radius 3 is 1.07 bits per heavy atom. The van der Waals surface area contributed by atoms with Crippen molar-refractivity contribution in [3.63, 3.8) is 0 Å². The van der Waals surface area contributed by atoms with E-state index in [9.17, 15) is 0 Å². The maximum atomic E-state index is 6.36. The summed E-state index contributed by atoms with van der Waals surface area (Å²) in [6.45, 7) is 11.1. The molecule has 40 heavy (non-hydrogen) atoms. The van der Waals surface area contributed by atoms with Gasteiger partial charge in [-0.05, 0) is 43.6 Å². The molecule has 0 heterocycles.